The Morgan fingerprint density at radius 2 is 1.64 bits per heavy atom. The maximum atomic E-state index is 12.8. The number of aliphatic hydroxyl groups is 1. The van der Waals surface area contributed by atoms with E-state index in [1.54, 1.807) is 24.3 Å². The Labute approximate surface area is 212 Å². The molecule has 0 aliphatic carbocycles. The van der Waals surface area contributed by atoms with Crippen molar-refractivity contribution in [1.82, 2.24) is 10.6 Å². The molecule has 0 saturated carbocycles. The van der Waals surface area contributed by atoms with Gasteiger partial charge in [-0.3, -0.25) is 4.79 Å². The highest BCUT2D eigenvalue weighted by Crippen LogP contribution is 2.22. The van der Waals surface area contributed by atoms with Crippen molar-refractivity contribution in [3.8, 4) is 11.1 Å². The van der Waals surface area contributed by atoms with Gasteiger partial charge in [-0.25, -0.2) is 8.42 Å². The maximum Gasteiger partial charge on any atom is 0.237 e. The van der Waals surface area contributed by atoms with Gasteiger partial charge in [0, 0.05) is 12.8 Å². The van der Waals surface area contributed by atoms with Crippen molar-refractivity contribution in [2.45, 2.75) is 42.5 Å². The van der Waals surface area contributed by atoms with Crippen LogP contribution in [0.1, 0.15) is 17.5 Å². The maximum absolute atomic E-state index is 12.8. The smallest absolute Gasteiger partial charge is 0.237 e. The van der Waals surface area contributed by atoms with Crippen molar-refractivity contribution < 1.29 is 23.1 Å². The number of rotatable bonds is 10. The van der Waals surface area contributed by atoms with E-state index in [-0.39, 0.29) is 29.6 Å². The van der Waals surface area contributed by atoms with Crippen LogP contribution in [0.2, 0.25) is 0 Å². The quantitative estimate of drug-likeness (QED) is 0.389. The van der Waals surface area contributed by atoms with Gasteiger partial charge in [-0.15, -0.1) is 0 Å². The van der Waals surface area contributed by atoms with Gasteiger partial charge in [-0.1, -0.05) is 66.7 Å². The lowest BCUT2D eigenvalue weighted by molar-refractivity contribution is -0.124. The fourth-order valence-electron chi connectivity index (χ4n) is 4.29. The van der Waals surface area contributed by atoms with Gasteiger partial charge in [0.1, 0.15) is 0 Å². The van der Waals surface area contributed by atoms with Crippen LogP contribution < -0.4 is 10.6 Å². The number of sulfone groups is 1. The summed E-state index contributed by atoms with van der Waals surface area (Å²) in [5.74, 6) is -0.137. The molecule has 1 amide bonds. The third-order valence-corrected chi connectivity index (χ3v) is 7.48. The zero-order valence-corrected chi connectivity index (χ0v) is 21.1. The van der Waals surface area contributed by atoms with E-state index in [1.165, 1.54) is 6.26 Å². The van der Waals surface area contributed by atoms with E-state index in [2.05, 4.69) is 10.6 Å². The molecule has 3 N–H and O–H groups in total. The largest absolute Gasteiger partial charge is 0.394 e. The molecule has 190 valence electrons. The van der Waals surface area contributed by atoms with Gasteiger partial charge in [0.15, 0.2) is 9.84 Å². The molecule has 1 fully saturated rings. The van der Waals surface area contributed by atoms with Crippen LogP contribution in [-0.2, 0) is 32.4 Å². The average molecular weight is 509 g/mol. The molecule has 4 rings (SSSR count). The van der Waals surface area contributed by atoms with Crippen molar-refractivity contribution >= 4 is 15.7 Å². The molecule has 3 atom stereocenters. The topological polar surface area (TPSA) is 105 Å². The minimum Gasteiger partial charge on any atom is -0.394 e. The van der Waals surface area contributed by atoms with E-state index in [0.29, 0.717) is 26.0 Å². The summed E-state index contributed by atoms with van der Waals surface area (Å²) in [4.78, 5) is 13.1. The molecule has 0 radical (unpaired) electrons. The fourth-order valence-corrected chi connectivity index (χ4v) is 4.92. The minimum atomic E-state index is -3.23. The number of benzene rings is 3. The monoisotopic (exact) mass is 508 g/mol. The Bertz CT molecular complexity index is 1250. The summed E-state index contributed by atoms with van der Waals surface area (Å²) in [5.41, 5.74) is 3.95. The van der Waals surface area contributed by atoms with Crippen LogP contribution in [0, 0.1) is 0 Å². The summed E-state index contributed by atoms with van der Waals surface area (Å²) in [6.45, 7) is 0.959. The lowest BCUT2D eigenvalue weighted by Gasteiger charge is -2.19. The minimum absolute atomic E-state index is 0.0347. The Kier molecular flexibility index (Phi) is 8.53. The number of amides is 1. The van der Waals surface area contributed by atoms with Crippen LogP contribution in [-0.4, -0.2) is 57.0 Å². The summed E-state index contributed by atoms with van der Waals surface area (Å²) in [6, 6.07) is 23.8. The van der Waals surface area contributed by atoms with Gasteiger partial charge < -0.3 is 20.5 Å². The van der Waals surface area contributed by atoms with Gasteiger partial charge in [0.05, 0.1) is 36.3 Å². The standard InChI is InChI=1S/C28H32N2O5S/c1-36(33,34)26-13-11-23(12-14-26)22-9-7-20(8-10-22)15-24(18-31)30-28(32)27-16-25(17-29-27)35-19-21-5-3-2-4-6-21/h2-14,24-25,27,29,31H,15-19H2,1H3,(H,30,32)/t24-,25+,27?/m0/s1. The predicted molar refractivity (Wildman–Crippen MR) is 139 cm³/mol. The predicted octanol–water partition coefficient (Wildman–Crippen LogP) is 2.72. The number of ether oxygens (including phenoxy) is 1. The van der Waals surface area contributed by atoms with Crippen LogP contribution in [0.5, 0.6) is 0 Å². The second kappa shape index (κ2) is 11.8. The number of carbonyl (C=O) groups excluding carboxylic acids is 1. The van der Waals surface area contributed by atoms with Gasteiger partial charge in [-0.2, -0.15) is 0 Å². The van der Waals surface area contributed by atoms with E-state index in [0.717, 1.165) is 22.3 Å². The molecule has 1 unspecified atom stereocenters. The summed E-state index contributed by atoms with van der Waals surface area (Å²) < 4.78 is 29.3. The molecule has 1 aliphatic rings. The van der Waals surface area contributed by atoms with Crippen molar-refractivity contribution in [1.29, 1.82) is 0 Å². The molecule has 1 saturated heterocycles. The molecule has 36 heavy (non-hydrogen) atoms. The summed E-state index contributed by atoms with van der Waals surface area (Å²) in [5, 5.41) is 16.0. The van der Waals surface area contributed by atoms with Crippen molar-refractivity contribution in [2.24, 2.45) is 0 Å². The molecule has 3 aromatic carbocycles. The van der Waals surface area contributed by atoms with Gasteiger partial charge >= 0.3 is 0 Å². The van der Waals surface area contributed by atoms with E-state index in [9.17, 15) is 18.3 Å². The highest BCUT2D eigenvalue weighted by atomic mass is 32.2. The summed E-state index contributed by atoms with van der Waals surface area (Å²) in [7, 11) is -3.23. The lowest BCUT2D eigenvalue weighted by Crippen LogP contribution is -2.47. The van der Waals surface area contributed by atoms with Crippen molar-refractivity contribution in [3.63, 3.8) is 0 Å². The van der Waals surface area contributed by atoms with Crippen LogP contribution in [0.3, 0.4) is 0 Å². The number of hydrogen-bond acceptors (Lipinski definition) is 6. The average Bonchev–Trinajstić information content (AvgIpc) is 3.37. The summed E-state index contributed by atoms with van der Waals surface area (Å²) >= 11 is 0. The molecule has 3 aromatic rings. The van der Waals surface area contributed by atoms with E-state index < -0.39 is 15.9 Å². The molecule has 0 aromatic heterocycles. The van der Waals surface area contributed by atoms with Crippen molar-refractivity contribution in [2.75, 3.05) is 19.4 Å². The number of nitrogens with one attached hydrogen (secondary N) is 2. The Morgan fingerprint density at radius 1 is 1.00 bits per heavy atom. The third-order valence-electron chi connectivity index (χ3n) is 6.35. The van der Waals surface area contributed by atoms with Crippen molar-refractivity contribution in [3.05, 3.63) is 90.0 Å². The number of carbonyl (C=O) groups is 1. The van der Waals surface area contributed by atoms with Crippen LogP contribution in [0.15, 0.2) is 83.8 Å². The first kappa shape index (κ1) is 26.0. The molecule has 1 aliphatic heterocycles. The highest BCUT2D eigenvalue weighted by molar-refractivity contribution is 7.90. The first-order valence-electron chi connectivity index (χ1n) is 12.0. The van der Waals surface area contributed by atoms with Gasteiger partial charge in [0.25, 0.3) is 0 Å². The second-order valence-electron chi connectivity index (χ2n) is 9.20. The molecular formula is C28H32N2O5S. The molecule has 0 bridgehead atoms. The fraction of sp³-hybridized carbons (Fsp3) is 0.321. The zero-order chi connectivity index (χ0) is 25.5. The van der Waals surface area contributed by atoms with E-state index in [1.807, 2.05) is 54.6 Å². The Balaban J connectivity index is 1.28. The van der Waals surface area contributed by atoms with Crippen LogP contribution in [0.25, 0.3) is 11.1 Å². The van der Waals surface area contributed by atoms with E-state index in [4.69, 9.17) is 4.74 Å². The Hall–Kier alpha value is -3.04. The normalized spacial score (nSPS) is 18.6. The SMILES string of the molecule is CS(=O)(=O)c1ccc(-c2ccc(C[C@@H](CO)NC(=O)C3C[C@@H](OCc4ccccc4)CN3)cc2)cc1. The third kappa shape index (κ3) is 7.01. The molecular weight excluding hydrogens is 476 g/mol. The lowest BCUT2D eigenvalue weighted by atomic mass is 10.0. The second-order valence-corrected chi connectivity index (χ2v) is 11.2. The molecule has 0 spiro atoms. The van der Waals surface area contributed by atoms with E-state index >= 15 is 0 Å². The molecule has 8 heteroatoms. The zero-order valence-electron chi connectivity index (χ0n) is 20.3. The molecule has 1 heterocycles. The molecule has 7 nitrogen and oxygen atoms in total. The van der Waals surface area contributed by atoms with Gasteiger partial charge in [-0.05, 0) is 47.2 Å². The summed E-state index contributed by atoms with van der Waals surface area (Å²) in [6.07, 6.45) is 2.24. The first-order valence-corrected chi connectivity index (χ1v) is 13.9. The van der Waals surface area contributed by atoms with Crippen LogP contribution in [0.4, 0.5) is 0 Å². The first-order chi connectivity index (χ1) is 17.3. The number of hydrogen-bond donors (Lipinski definition) is 3. The van der Waals surface area contributed by atoms with Gasteiger partial charge in [0.2, 0.25) is 5.91 Å². The highest BCUT2D eigenvalue weighted by Gasteiger charge is 2.31. The Morgan fingerprint density at radius 3 is 2.25 bits per heavy atom. The number of aliphatic hydroxyl groups excluding tert-OH is 1. The van der Waals surface area contributed by atoms with Crippen LogP contribution >= 0.6 is 0 Å².